The second kappa shape index (κ2) is 16.0. The van der Waals surface area contributed by atoms with Gasteiger partial charge in [-0.2, -0.15) is 0 Å². The largest absolute Gasteiger partial charge is 0.518 e. The lowest BCUT2D eigenvalue weighted by Gasteiger charge is -2.37. The molecule has 0 fully saturated rings. The zero-order chi connectivity index (χ0) is 21.5. The van der Waals surface area contributed by atoms with Crippen LogP contribution in [0.5, 0.6) is 0 Å². The maximum atomic E-state index is 6.28. The van der Waals surface area contributed by atoms with E-state index in [1.165, 1.54) is 32.1 Å². The van der Waals surface area contributed by atoms with E-state index in [1.807, 2.05) is 20.8 Å². The Kier molecular flexibility index (Phi) is 16.1. The first-order chi connectivity index (χ1) is 13.3. The topological polar surface area (TPSA) is 49.0 Å². The molecule has 0 saturated carbocycles. The molecule has 2 atom stereocenters. The van der Waals surface area contributed by atoms with Gasteiger partial charge < -0.3 is 23.0 Å². The Morgan fingerprint density at radius 1 is 0.821 bits per heavy atom. The van der Waals surface area contributed by atoms with E-state index in [0.29, 0.717) is 25.5 Å². The summed E-state index contributed by atoms with van der Waals surface area (Å²) in [5, 5.41) is 3.89. The molecule has 0 bridgehead atoms. The predicted molar refractivity (Wildman–Crippen MR) is 124 cm³/mol. The van der Waals surface area contributed by atoms with Crippen molar-refractivity contribution in [1.82, 2.24) is 5.32 Å². The molecule has 0 aromatic rings. The maximum Gasteiger partial charge on any atom is 0.518 e. The highest BCUT2D eigenvalue weighted by Gasteiger charge is 2.49. The van der Waals surface area contributed by atoms with Crippen molar-refractivity contribution in [3.63, 3.8) is 0 Å². The first kappa shape index (κ1) is 28.2. The monoisotopic (exact) mass is 435 g/mol. The van der Waals surface area contributed by atoms with Gasteiger partial charge >= 0.3 is 8.80 Å². The fourth-order valence-corrected chi connectivity index (χ4v) is 8.12. The van der Waals surface area contributed by atoms with Crippen LogP contribution in [-0.4, -0.2) is 55.3 Å². The molecule has 2 unspecified atom stereocenters. The Bertz CT molecular complexity index is 350. The summed E-state index contributed by atoms with van der Waals surface area (Å²) in [6, 6.07) is 0. The standard InChI is InChI=1S/C21H49NO4Si2/c1-9-14-15-16-17-18-19(27-26-21(6,7)8)22-20(10-2)28(23-11-3,24-12-4)25-13-5/h19-20,22H,9-18,27H2,1-8H3. The van der Waals surface area contributed by atoms with Gasteiger partial charge in [-0.05, 0) is 54.4 Å². The zero-order valence-electron chi connectivity index (χ0n) is 20.1. The van der Waals surface area contributed by atoms with E-state index in [2.05, 4.69) is 39.9 Å². The molecular weight excluding hydrogens is 386 g/mol. The molecule has 0 radical (unpaired) electrons. The Hall–Kier alpha value is 0.234. The quantitative estimate of drug-likeness (QED) is 0.253. The van der Waals surface area contributed by atoms with Crippen molar-refractivity contribution in [2.75, 3.05) is 19.8 Å². The number of hydrogen-bond acceptors (Lipinski definition) is 5. The predicted octanol–water partition coefficient (Wildman–Crippen LogP) is 4.53. The van der Waals surface area contributed by atoms with Crippen molar-refractivity contribution in [2.45, 2.75) is 117 Å². The number of nitrogens with one attached hydrogen (secondary N) is 1. The molecule has 7 heteroatoms. The van der Waals surface area contributed by atoms with Crippen LogP contribution in [0.1, 0.15) is 100 Å². The summed E-state index contributed by atoms with van der Waals surface area (Å²) in [5.41, 5.74) is 0.452. The van der Waals surface area contributed by atoms with Crippen LogP contribution in [0.25, 0.3) is 0 Å². The van der Waals surface area contributed by atoms with Gasteiger partial charge in [0.1, 0.15) is 0 Å². The SMILES string of the molecule is CCCCCCCC(NC(CC)[Si](OCC)(OCC)OCC)[SiH2]OC(C)(C)C. The lowest BCUT2D eigenvalue weighted by Crippen LogP contribution is -2.64. The molecule has 0 aliphatic heterocycles. The summed E-state index contributed by atoms with van der Waals surface area (Å²) in [6.45, 7) is 18.8. The lowest BCUT2D eigenvalue weighted by molar-refractivity contribution is 0.0561. The molecule has 0 saturated heterocycles. The van der Waals surface area contributed by atoms with Gasteiger partial charge in [0, 0.05) is 31.1 Å². The van der Waals surface area contributed by atoms with E-state index in [9.17, 15) is 0 Å². The summed E-state index contributed by atoms with van der Waals surface area (Å²) < 4.78 is 24.8. The van der Waals surface area contributed by atoms with Gasteiger partial charge in [0.2, 0.25) is 0 Å². The molecule has 5 nitrogen and oxygen atoms in total. The first-order valence-corrected chi connectivity index (χ1v) is 14.8. The van der Waals surface area contributed by atoms with Crippen LogP contribution in [-0.2, 0) is 17.7 Å². The first-order valence-electron chi connectivity index (χ1n) is 11.6. The number of rotatable bonds is 18. The third-order valence-electron chi connectivity index (χ3n) is 4.68. The highest BCUT2D eigenvalue weighted by atomic mass is 28.4. The van der Waals surface area contributed by atoms with E-state index in [-0.39, 0.29) is 11.3 Å². The fraction of sp³-hybridized carbons (Fsp3) is 1.00. The van der Waals surface area contributed by atoms with Crippen molar-refractivity contribution in [3.8, 4) is 0 Å². The lowest BCUT2D eigenvalue weighted by atomic mass is 10.1. The van der Waals surface area contributed by atoms with Gasteiger partial charge in [0.05, 0.1) is 5.67 Å². The van der Waals surface area contributed by atoms with Gasteiger partial charge in [-0.15, -0.1) is 0 Å². The fourth-order valence-electron chi connectivity index (χ4n) is 3.34. The van der Waals surface area contributed by atoms with Crippen molar-refractivity contribution in [3.05, 3.63) is 0 Å². The van der Waals surface area contributed by atoms with E-state index in [1.54, 1.807) is 0 Å². The maximum absolute atomic E-state index is 6.28. The molecule has 0 aromatic heterocycles. The molecule has 0 rings (SSSR count). The summed E-state index contributed by atoms with van der Waals surface area (Å²) >= 11 is 0. The van der Waals surface area contributed by atoms with Gasteiger partial charge in [-0.1, -0.05) is 46.0 Å². The average Bonchev–Trinajstić information content (AvgIpc) is 2.63. The Labute approximate surface area is 178 Å². The van der Waals surface area contributed by atoms with Crippen molar-refractivity contribution in [2.24, 2.45) is 0 Å². The number of hydrogen-bond donors (Lipinski definition) is 1. The third kappa shape index (κ3) is 12.0. The van der Waals surface area contributed by atoms with Gasteiger partial charge in [0.25, 0.3) is 0 Å². The van der Waals surface area contributed by atoms with E-state index in [4.69, 9.17) is 17.7 Å². The molecule has 1 N–H and O–H groups in total. The Balaban J connectivity index is 5.17. The summed E-state index contributed by atoms with van der Waals surface area (Å²) in [5.74, 6) is 0. The molecule has 28 heavy (non-hydrogen) atoms. The molecule has 0 heterocycles. The average molecular weight is 436 g/mol. The highest BCUT2D eigenvalue weighted by molar-refractivity contribution is 6.62. The minimum Gasteiger partial charge on any atom is -0.418 e. The van der Waals surface area contributed by atoms with Crippen LogP contribution in [0.4, 0.5) is 0 Å². The van der Waals surface area contributed by atoms with E-state index < -0.39 is 18.6 Å². The Morgan fingerprint density at radius 3 is 1.79 bits per heavy atom. The van der Waals surface area contributed by atoms with Crippen LogP contribution in [0.3, 0.4) is 0 Å². The second-order valence-electron chi connectivity index (χ2n) is 8.35. The number of unbranched alkanes of at least 4 members (excludes halogenated alkanes) is 4. The molecule has 0 aliphatic rings. The van der Waals surface area contributed by atoms with Crippen molar-refractivity contribution < 1.29 is 17.7 Å². The van der Waals surface area contributed by atoms with Gasteiger partial charge in [-0.3, -0.25) is 0 Å². The van der Waals surface area contributed by atoms with Crippen LogP contribution in [0.15, 0.2) is 0 Å². The normalized spacial score (nSPS) is 15.4. The molecule has 0 aliphatic carbocycles. The third-order valence-corrected chi connectivity index (χ3v) is 10.3. The second-order valence-corrected chi connectivity index (χ2v) is 12.7. The van der Waals surface area contributed by atoms with Gasteiger partial charge in [0.15, 0.2) is 9.76 Å². The molecule has 0 amide bonds. The van der Waals surface area contributed by atoms with E-state index >= 15 is 0 Å². The van der Waals surface area contributed by atoms with Crippen LogP contribution in [0, 0.1) is 0 Å². The van der Waals surface area contributed by atoms with Crippen LogP contribution < -0.4 is 5.32 Å². The summed E-state index contributed by atoms with van der Waals surface area (Å²) in [4.78, 5) is 0. The van der Waals surface area contributed by atoms with Crippen LogP contribution >= 0.6 is 0 Å². The van der Waals surface area contributed by atoms with Gasteiger partial charge in [-0.25, -0.2) is 0 Å². The molecular formula is C21H49NO4Si2. The van der Waals surface area contributed by atoms with Crippen molar-refractivity contribution in [1.29, 1.82) is 0 Å². The zero-order valence-corrected chi connectivity index (χ0v) is 22.5. The Morgan fingerprint density at radius 2 is 1.36 bits per heavy atom. The molecule has 0 spiro atoms. The minimum atomic E-state index is -2.77. The highest BCUT2D eigenvalue weighted by Crippen LogP contribution is 2.20. The summed E-state index contributed by atoms with van der Waals surface area (Å²) in [7, 11) is -3.49. The molecule has 170 valence electrons. The summed E-state index contributed by atoms with van der Waals surface area (Å²) in [6.07, 6.45) is 8.60. The minimum absolute atomic E-state index is 0.0790. The smallest absolute Gasteiger partial charge is 0.418 e. The van der Waals surface area contributed by atoms with Crippen molar-refractivity contribution >= 4 is 18.6 Å². The molecule has 0 aromatic carbocycles. The van der Waals surface area contributed by atoms with E-state index in [0.717, 1.165) is 12.8 Å². The van der Waals surface area contributed by atoms with Crippen LogP contribution in [0.2, 0.25) is 0 Å².